The van der Waals surface area contributed by atoms with Crippen molar-refractivity contribution < 1.29 is 14.7 Å². The van der Waals surface area contributed by atoms with Crippen molar-refractivity contribution in [3.05, 3.63) is 41.0 Å². The second-order valence-electron chi connectivity index (χ2n) is 5.06. The van der Waals surface area contributed by atoms with Crippen LogP contribution in [0.5, 0.6) is 0 Å². The van der Waals surface area contributed by atoms with Gasteiger partial charge < -0.3 is 10.0 Å². The number of halogens is 1. The van der Waals surface area contributed by atoms with Crippen LogP contribution >= 0.6 is 11.6 Å². The average Bonchev–Trinajstić information content (AvgIpc) is 2.85. The number of aryl methyl sites for hydroxylation is 1. The third kappa shape index (κ3) is 4.46. The van der Waals surface area contributed by atoms with Crippen molar-refractivity contribution in [3.63, 3.8) is 0 Å². The lowest BCUT2D eigenvalue weighted by Crippen LogP contribution is -2.33. The average molecular weight is 337 g/mol. The fourth-order valence-corrected chi connectivity index (χ4v) is 2.16. The molecule has 0 saturated carbocycles. The lowest BCUT2D eigenvalue weighted by Gasteiger charge is -2.15. The first-order valence-electron chi connectivity index (χ1n) is 6.93. The Morgan fingerprint density at radius 2 is 2.13 bits per heavy atom. The normalized spacial score (nSPS) is 10.4. The number of aliphatic carboxylic acids is 1. The van der Waals surface area contributed by atoms with Crippen LogP contribution in [0.3, 0.4) is 0 Å². The highest BCUT2D eigenvalue weighted by molar-refractivity contribution is 6.30. The van der Waals surface area contributed by atoms with Crippen molar-refractivity contribution >= 4 is 29.4 Å². The van der Waals surface area contributed by atoms with Crippen molar-refractivity contribution in [1.29, 1.82) is 0 Å². The van der Waals surface area contributed by atoms with Gasteiger partial charge in [-0.25, -0.2) is 9.48 Å². The van der Waals surface area contributed by atoms with E-state index < -0.39 is 12.0 Å². The number of urea groups is 1. The Labute approximate surface area is 138 Å². The number of rotatable bonds is 5. The van der Waals surface area contributed by atoms with Gasteiger partial charge in [0.05, 0.1) is 12.1 Å². The minimum absolute atomic E-state index is 0.111. The van der Waals surface area contributed by atoms with Crippen LogP contribution in [0.15, 0.2) is 30.3 Å². The molecule has 1 aromatic heterocycles. The molecule has 0 aliphatic heterocycles. The Hall–Kier alpha value is -2.54. The van der Waals surface area contributed by atoms with Crippen LogP contribution in [0.4, 0.5) is 10.6 Å². The van der Waals surface area contributed by atoms with E-state index in [1.807, 2.05) is 19.1 Å². The van der Waals surface area contributed by atoms with Gasteiger partial charge in [0.2, 0.25) is 0 Å². The smallest absolute Gasteiger partial charge is 0.322 e. The molecule has 0 radical (unpaired) electrons. The molecule has 2 amide bonds. The third-order valence-electron chi connectivity index (χ3n) is 3.18. The summed E-state index contributed by atoms with van der Waals surface area (Å²) in [5.74, 6) is -0.569. The maximum atomic E-state index is 12.0. The number of carboxylic acids is 1. The highest BCUT2D eigenvalue weighted by Crippen LogP contribution is 2.18. The van der Waals surface area contributed by atoms with Crippen LogP contribution in [-0.2, 0) is 4.79 Å². The molecule has 0 bridgehead atoms. The van der Waals surface area contributed by atoms with Crippen LogP contribution in [0.25, 0.3) is 5.69 Å². The summed E-state index contributed by atoms with van der Waals surface area (Å²) in [6, 6.07) is 8.52. The van der Waals surface area contributed by atoms with Crippen molar-refractivity contribution in [2.45, 2.75) is 13.3 Å². The van der Waals surface area contributed by atoms with Crippen molar-refractivity contribution in [2.24, 2.45) is 0 Å². The maximum Gasteiger partial charge on any atom is 0.322 e. The number of hydrogen-bond donors (Lipinski definition) is 2. The van der Waals surface area contributed by atoms with Gasteiger partial charge in [-0.3, -0.25) is 10.1 Å². The standard InChI is InChI=1S/C15H17ClN4O3/c1-10-8-13(17-15(23)19(2)7-6-14(21)22)18-20(10)12-5-3-4-11(16)9-12/h3-5,8-9H,6-7H2,1-2H3,(H,21,22)(H,17,18,23). The van der Waals surface area contributed by atoms with Gasteiger partial charge in [0.25, 0.3) is 0 Å². The van der Waals surface area contributed by atoms with Gasteiger partial charge in [-0.05, 0) is 25.1 Å². The molecule has 0 unspecified atom stereocenters. The molecule has 0 aliphatic rings. The van der Waals surface area contributed by atoms with E-state index in [1.54, 1.807) is 22.9 Å². The van der Waals surface area contributed by atoms with Gasteiger partial charge in [0.15, 0.2) is 5.82 Å². The van der Waals surface area contributed by atoms with Crippen LogP contribution in [0.2, 0.25) is 5.02 Å². The molecule has 0 atom stereocenters. The molecule has 0 aliphatic carbocycles. The molecular weight excluding hydrogens is 320 g/mol. The van der Waals surface area contributed by atoms with E-state index in [-0.39, 0.29) is 13.0 Å². The maximum absolute atomic E-state index is 12.0. The summed E-state index contributed by atoms with van der Waals surface area (Å²) in [6.07, 6.45) is -0.111. The molecule has 1 heterocycles. The summed E-state index contributed by atoms with van der Waals surface area (Å²) in [6.45, 7) is 1.98. The number of aromatic nitrogens is 2. The number of carbonyl (C=O) groups excluding carboxylic acids is 1. The minimum atomic E-state index is -0.953. The van der Waals surface area contributed by atoms with Crippen molar-refractivity contribution in [2.75, 3.05) is 18.9 Å². The first kappa shape index (κ1) is 16.8. The van der Waals surface area contributed by atoms with Crippen LogP contribution in [-0.4, -0.2) is 45.4 Å². The summed E-state index contributed by atoms with van der Waals surface area (Å²) in [5, 5.41) is 16.2. The minimum Gasteiger partial charge on any atom is -0.481 e. The van der Waals surface area contributed by atoms with Crippen molar-refractivity contribution in [1.82, 2.24) is 14.7 Å². The molecule has 8 heteroatoms. The summed E-state index contributed by atoms with van der Waals surface area (Å²) >= 11 is 5.97. The van der Waals surface area contributed by atoms with E-state index >= 15 is 0 Å². The number of carbonyl (C=O) groups is 2. The Morgan fingerprint density at radius 1 is 1.39 bits per heavy atom. The number of hydrogen-bond acceptors (Lipinski definition) is 3. The SMILES string of the molecule is Cc1cc(NC(=O)N(C)CCC(=O)O)nn1-c1cccc(Cl)c1. The van der Waals surface area contributed by atoms with E-state index in [4.69, 9.17) is 16.7 Å². The molecule has 2 rings (SSSR count). The zero-order chi connectivity index (χ0) is 17.0. The number of anilines is 1. The molecule has 23 heavy (non-hydrogen) atoms. The van der Waals surface area contributed by atoms with Crippen molar-refractivity contribution in [3.8, 4) is 5.69 Å². The zero-order valence-electron chi connectivity index (χ0n) is 12.8. The summed E-state index contributed by atoms with van der Waals surface area (Å²) in [5.41, 5.74) is 1.62. The van der Waals surface area contributed by atoms with E-state index in [0.717, 1.165) is 11.4 Å². The largest absolute Gasteiger partial charge is 0.481 e. The van der Waals surface area contributed by atoms with Gasteiger partial charge in [-0.15, -0.1) is 5.10 Å². The second-order valence-corrected chi connectivity index (χ2v) is 5.49. The molecular formula is C15H17ClN4O3. The Morgan fingerprint density at radius 3 is 2.78 bits per heavy atom. The Balaban J connectivity index is 2.09. The third-order valence-corrected chi connectivity index (χ3v) is 3.42. The number of benzene rings is 1. The topological polar surface area (TPSA) is 87.5 Å². The van der Waals surface area contributed by atoms with E-state index in [9.17, 15) is 9.59 Å². The van der Waals surface area contributed by atoms with Gasteiger partial charge in [0.1, 0.15) is 0 Å². The Bertz CT molecular complexity index is 729. The molecule has 1 aromatic carbocycles. The van der Waals surface area contributed by atoms with Crippen LogP contribution < -0.4 is 5.32 Å². The molecule has 122 valence electrons. The molecule has 2 aromatic rings. The van der Waals surface area contributed by atoms with Gasteiger partial charge in [0, 0.05) is 30.4 Å². The lowest BCUT2D eigenvalue weighted by molar-refractivity contribution is -0.137. The first-order chi connectivity index (χ1) is 10.9. The molecule has 0 fully saturated rings. The fraction of sp³-hybridized carbons (Fsp3) is 0.267. The highest BCUT2D eigenvalue weighted by atomic mass is 35.5. The van der Waals surface area contributed by atoms with E-state index in [0.29, 0.717) is 10.8 Å². The van der Waals surface area contributed by atoms with E-state index in [2.05, 4.69) is 10.4 Å². The van der Waals surface area contributed by atoms with Gasteiger partial charge in [-0.2, -0.15) is 0 Å². The molecule has 2 N–H and O–H groups in total. The number of carboxylic acid groups (broad SMARTS) is 1. The first-order valence-corrected chi connectivity index (χ1v) is 7.31. The summed E-state index contributed by atoms with van der Waals surface area (Å²) < 4.78 is 1.67. The van der Waals surface area contributed by atoms with Crippen LogP contribution in [0.1, 0.15) is 12.1 Å². The molecule has 0 saturated heterocycles. The quantitative estimate of drug-likeness (QED) is 0.878. The second kappa shape index (κ2) is 7.15. The number of amides is 2. The van der Waals surface area contributed by atoms with Gasteiger partial charge >= 0.3 is 12.0 Å². The summed E-state index contributed by atoms with van der Waals surface area (Å²) in [7, 11) is 1.53. The molecule has 7 nitrogen and oxygen atoms in total. The Kier molecular flexibility index (Phi) is 5.23. The van der Waals surface area contributed by atoms with E-state index in [1.165, 1.54) is 11.9 Å². The predicted octanol–water partition coefficient (Wildman–Crippen LogP) is 2.77. The van der Waals surface area contributed by atoms with Gasteiger partial charge in [-0.1, -0.05) is 17.7 Å². The highest BCUT2D eigenvalue weighted by Gasteiger charge is 2.13. The number of nitrogens with zero attached hydrogens (tertiary/aromatic N) is 3. The van der Waals surface area contributed by atoms with Crippen LogP contribution in [0, 0.1) is 6.92 Å². The molecule has 0 spiro atoms. The monoisotopic (exact) mass is 336 g/mol. The lowest BCUT2D eigenvalue weighted by atomic mass is 10.3. The summed E-state index contributed by atoms with van der Waals surface area (Å²) in [4.78, 5) is 23.8. The number of nitrogens with one attached hydrogen (secondary N) is 1. The predicted molar refractivity (Wildman–Crippen MR) is 87.2 cm³/mol. The fourth-order valence-electron chi connectivity index (χ4n) is 1.97. The zero-order valence-corrected chi connectivity index (χ0v) is 13.5.